The van der Waals surface area contributed by atoms with Crippen molar-refractivity contribution < 1.29 is 0 Å². The van der Waals surface area contributed by atoms with E-state index in [1.807, 2.05) is 0 Å². The molecule has 2 heteroatoms. The molecule has 0 unspecified atom stereocenters. The van der Waals surface area contributed by atoms with Crippen molar-refractivity contribution in [2.24, 2.45) is 5.73 Å². The van der Waals surface area contributed by atoms with Crippen LogP contribution in [-0.4, -0.2) is 30.6 Å². The van der Waals surface area contributed by atoms with Gasteiger partial charge in [0.25, 0.3) is 0 Å². The summed E-state index contributed by atoms with van der Waals surface area (Å²) >= 11 is 0. The normalized spacial score (nSPS) is 33.5. The second-order valence-electron chi connectivity index (χ2n) is 4.27. The van der Waals surface area contributed by atoms with Crippen LogP contribution in [0.3, 0.4) is 0 Å². The van der Waals surface area contributed by atoms with Crippen molar-refractivity contribution in [2.75, 3.05) is 13.6 Å². The first-order chi connectivity index (χ1) is 6.70. The van der Waals surface area contributed by atoms with E-state index in [0.717, 1.165) is 6.54 Å². The average molecular weight is 190 g/mol. The summed E-state index contributed by atoms with van der Waals surface area (Å²) in [6, 6.07) is 11.3. The van der Waals surface area contributed by atoms with E-state index in [2.05, 4.69) is 49.2 Å². The van der Waals surface area contributed by atoms with Gasteiger partial charge in [0, 0.05) is 24.5 Å². The molecule has 14 heavy (non-hydrogen) atoms. The predicted molar refractivity (Wildman–Crippen MR) is 59.3 cm³/mol. The summed E-state index contributed by atoms with van der Waals surface area (Å²) in [7, 11) is 2.15. The zero-order chi connectivity index (χ0) is 10.1. The van der Waals surface area contributed by atoms with Gasteiger partial charge in [-0.25, -0.2) is 0 Å². The van der Waals surface area contributed by atoms with Gasteiger partial charge in [0.2, 0.25) is 0 Å². The maximum absolute atomic E-state index is 6.20. The van der Waals surface area contributed by atoms with Crippen molar-refractivity contribution in [2.45, 2.75) is 24.9 Å². The molecule has 2 nitrogen and oxygen atoms in total. The van der Waals surface area contributed by atoms with Crippen LogP contribution in [0.1, 0.15) is 18.4 Å². The summed E-state index contributed by atoms with van der Waals surface area (Å²) in [5.74, 6) is 0.496. The molecule has 1 fully saturated rings. The fraction of sp³-hybridized carbons (Fsp3) is 0.500. The van der Waals surface area contributed by atoms with Crippen molar-refractivity contribution >= 4 is 0 Å². The topological polar surface area (TPSA) is 29.3 Å². The molecule has 1 aliphatic rings. The minimum Gasteiger partial charge on any atom is -0.326 e. The Morgan fingerprint density at radius 1 is 1.29 bits per heavy atom. The lowest BCUT2D eigenvalue weighted by atomic mass is 9.92. The number of hydrogen-bond acceptors (Lipinski definition) is 2. The lowest BCUT2D eigenvalue weighted by Crippen LogP contribution is -2.36. The van der Waals surface area contributed by atoms with Gasteiger partial charge in [0.05, 0.1) is 0 Å². The molecule has 1 aromatic carbocycles. The number of nitrogens with two attached hydrogens (primary N) is 1. The number of benzene rings is 1. The first kappa shape index (κ1) is 9.69. The Morgan fingerprint density at radius 3 is 2.43 bits per heavy atom. The van der Waals surface area contributed by atoms with Crippen LogP contribution in [0.15, 0.2) is 30.3 Å². The van der Waals surface area contributed by atoms with Crippen molar-refractivity contribution in [1.82, 2.24) is 4.90 Å². The molecule has 0 radical (unpaired) electrons. The molecule has 1 saturated heterocycles. The first-order valence-electron chi connectivity index (χ1n) is 5.21. The molecule has 0 spiro atoms. The summed E-state index contributed by atoms with van der Waals surface area (Å²) in [5.41, 5.74) is 7.57. The Kier molecular flexibility index (Phi) is 2.57. The lowest BCUT2D eigenvalue weighted by molar-refractivity contribution is 0.318. The minimum atomic E-state index is 0.266. The highest BCUT2D eigenvalue weighted by molar-refractivity contribution is 5.24. The van der Waals surface area contributed by atoms with Gasteiger partial charge in [-0.1, -0.05) is 30.3 Å². The van der Waals surface area contributed by atoms with E-state index in [1.54, 1.807) is 0 Å². The fourth-order valence-electron chi connectivity index (χ4n) is 2.26. The van der Waals surface area contributed by atoms with Crippen LogP contribution >= 0.6 is 0 Å². The smallest absolute Gasteiger partial charge is 0.0275 e. The molecule has 3 atom stereocenters. The molecule has 0 saturated carbocycles. The van der Waals surface area contributed by atoms with E-state index < -0.39 is 0 Å². The molecule has 1 aliphatic heterocycles. The van der Waals surface area contributed by atoms with Gasteiger partial charge in [0.15, 0.2) is 0 Å². The van der Waals surface area contributed by atoms with Gasteiger partial charge >= 0.3 is 0 Å². The number of likely N-dealkylation sites (N-methyl/N-ethyl adjacent to an activating group) is 1. The van der Waals surface area contributed by atoms with Crippen LogP contribution in [-0.2, 0) is 0 Å². The van der Waals surface area contributed by atoms with Crippen LogP contribution in [0, 0.1) is 0 Å². The van der Waals surface area contributed by atoms with Crippen molar-refractivity contribution in [3.05, 3.63) is 35.9 Å². The Hall–Kier alpha value is -0.860. The van der Waals surface area contributed by atoms with Crippen LogP contribution in [0.25, 0.3) is 0 Å². The van der Waals surface area contributed by atoms with Crippen LogP contribution in [0.2, 0.25) is 0 Å². The van der Waals surface area contributed by atoms with E-state index in [0.29, 0.717) is 12.0 Å². The van der Waals surface area contributed by atoms with E-state index in [9.17, 15) is 0 Å². The maximum atomic E-state index is 6.20. The SMILES string of the molecule is C[C@H]1[C@@H](N)[C@H](c2ccccc2)CN1C. The van der Waals surface area contributed by atoms with E-state index in [-0.39, 0.29) is 6.04 Å². The monoisotopic (exact) mass is 190 g/mol. The molecule has 0 aliphatic carbocycles. The van der Waals surface area contributed by atoms with Gasteiger partial charge in [0.1, 0.15) is 0 Å². The largest absolute Gasteiger partial charge is 0.326 e. The highest BCUT2D eigenvalue weighted by Gasteiger charge is 2.34. The van der Waals surface area contributed by atoms with Crippen molar-refractivity contribution in [3.8, 4) is 0 Å². The van der Waals surface area contributed by atoms with Crippen LogP contribution in [0.4, 0.5) is 0 Å². The van der Waals surface area contributed by atoms with E-state index in [1.165, 1.54) is 5.56 Å². The summed E-state index contributed by atoms with van der Waals surface area (Å²) in [4.78, 5) is 2.34. The molecule has 1 aromatic rings. The summed E-state index contributed by atoms with van der Waals surface area (Å²) < 4.78 is 0. The van der Waals surface area contributed by atoms with Gasteiger partial charge in [-0.15, -0.1) is 0 Å². The molecular formula is C12H18N2. The molecule has 1 heterocycles. The molecule has 2 rings (SSSR count). The number of nitrogens with zero attached hydrogens (tertiary/aromatic N) is 1. The summed E-state index contributed by atoms with van der Waals surface area (Å²) in [6.07, 6.45) is 0. The third-order valence-electron chi connectivity index (χ3n) is 3.43. The van der Waals surface area contributed by atoms with E-state index in [4.69, 9.17) is 5.73 Å². The Balaban J connectivity index is 2.21. The number of hydrogen-bond donors (Lipinski definition) is 1. The Bertz CT molecular complexity index is 296. The molecule has 0 amide bonds. The van der Waals surface area contributed by atoms with Gasteiger partial charge in [-0.3, -0.25) is 0 Å². The summed E-state index contributed by atoms with van der Waals surface area (Å²) in [6.45, 7) is 3.28. The van der Waals surface area contributed by atoms with E-state index >= 15 is 0 Å². The third kappa shape index (κ3) is 1.56. The van der Waals surface area contributed by atoms with Gasteiger partial charge in [-0.05, 0) is 19.5 Å². The predicted octanol–water partition coefficient (Wildman–Crippen LogP) is 1.43. The third-order valence-corrected chi connectivity index (χ3v) is 3.43. The first-order valence-corrected chi connectivity index (χ1v) is 5.21. The Labute approximate surface area is 85.7 Å². The van der Waals surface area contributed by atoms with Crippen molar-refractivity contribution in [3.63, 3.8) is 0 Å². The number of likely N-dealkylation sites (tertiary alicyclic amines) is 1. The molecule has 0 aromatic heterocycles. The second kappa shape index (κ2) is 3.71. The lowest BCUT2D eigenvalue weighted by Gasteiger charge is -2.18. The van der Waals surface area contributed by atoms with Crippen molar-refractivity contribution in [1.29, 1.82) is 0 Å². The fourth-order valence-corrected chi connectivity index (χ4v) is 2.26. The molecular weight excluding hydrogens is 172 g/mol. The van der Waals surface area contributed by atoms with Crippen LogP contribution in [0.5, 0.6) is 0 Å². The average Bonchev–Trinajstić information content (AvgIpc) is 2.47. The zero-order valence-electron chi connectivity index (χ0n) is 8.85. The minimum absolute atomic E-state index is 0.266. The molecule has 0 bridgehead atoms. The maximum Gasteiger partial charge on any atom is 0.0275 e. The second-order valence-corrected chi connectivity index (χ2v) is 4.27. The highest BCUT2D eigenvalue weighted by Crippen LogP contribution is 2.29. The van der Waals surface area contributed by atoms with Crippen LogP contribution < -0.4 is 5.73 Å². The standard InChI is InChI=1S/C12H18N2/c1-9-12(13)11(8-14(9)2)10-6-4-3-5-7-10/h3-7,9,11-12H,8,13H2,1-2H3/t9-,11-,12+/m0/s1. The molecule has 2 N–H and O–H groups in total. The molecule has 76 valence electrons. The van der Waals surface area contributed by atoms with Gasteiger partial charge in [-0.2, -0.15) is 0 Å². The zero-order valence-corrected chi connectivity index (χ0v) is 8.85. The number of rotatable bonds is 1. The highest BCUT2D eigenvalue weighted by atomic mass is 15.2. The summed E-state index contributed by atoms with van der Waals surface area (Å²) in [5, 5.41) is 0. The Morgan fingerprint density at radius 2 is 1.93 bits per heavy atom. The van der Waals surface area contributed by atoms with Gasteiger partial charge < -0.3 is 10.6 Å². The quantitative estimate of drug-likeness (QED) is 0.726.